The van der Waals surface area contributed by atoms with Crippen molar-refractivity contribution < 1.29 is 9.59 Å². The Hall–Kier alpha value is -3.24. The largest absolute Gasteiger partial charge is 0.368 e. The van der Waals surface area contributed by atoms with Crippen LogP contribution in [-0.4, -0.2) is 63.9 Å². The molecule has 1 aliphatic rings. The van der Waals surface area contributed by atoms with Crippen LogP contribution in [0, 0.1) is 5.92 Å². The van der Waals surface area contributed by atoms with Crippen molar-refractivity contribution in [3.63, 3.8) is 0 Å². The summed E-state index contributed by atoms with van der Waals surface area (Å²) in [4.78, 5) is 38.2. The fraction of sp³-hybridized carbons (Fsp3) is 0.407. The Balaban J connectivity index is 0.00000186. The lowest BCUT2D eigenvalue weighted by Crippen LogP contribution is -2.49. The minimum Gasteiger partial charge on any atom is -0.368 e. The summed E-state index contributed by atoms with van der Waals surface area (Å²) in [6.07, 6.45) is 0. The summed E-state index contributed by atoms with van der Waals surface area (Å²) < 4.78 is 0.917. The van der Waals surface area contributed by atoms with E-state index in [0.29, 0.717) is 44.4 Å². The van der Waals surface area contributed by atoms with E-state index in [1.807, 2.05) is 81.1 Å². The number of primary amides is 1. The highest BCUT2D eigenvalue weighted by Gasteiger charge is 2.24. The molecule has 1 aliphatic heterocycles. The fourth-order valence-electron chi connectivity index (χ4n) is 4.10. The maximum absolute atomic E-state index is 12.7. The predicted octanol–water partition coefficient (Wildman–Crippen LogP) is 4.69. The van der Waals surface area contributed by atoms with Crippen LogP contribution in [0.25, 0.3) is 10.9 Å². The average Bonchev–Trinajstić information content (AvgIpc) is 2.88. The molecule has 0 bridgehead atoms. The van der Waals surface area contributed by atoms with Gasteiger partial charge in [0.2, 0.25) is 5.91 Å². The molecule has 10 heteroatoms. The minimum absolute atomic E-state index is 0.0147. The Morgan fingerprint density at radius 3 is 2.38 bits per heavy atom. The van der Waals surface area contributed by atoms with Crippen molar-refractivity contribution in [1.82, 2.24) is 19.8 Å². The van der Waals surface area contributed by atoms with Crippen molar-refractivity contribution in [2.75, 3.05) is 36.8 Å². The normalized spacial score (nSPS) is 14.6. The number of carbonyl (C=O) groups is 2. The molecule has 0 radical (unpaired) electrons. The van der Waals surface area contributed by atoms with E-state index in [9.17, 15) is 9.59 Å². The van der Waals surface area contributed by atoms with E-state index >= 15 is 0 Å². The molecule has 0 saturated carbocycles. The SMILES string of the molecule is CC.CC(C)C(Nc1nc(CN2CCN(C(=O)Nc3cccc(Br)c3)CC2)nc2ccccc12)C(N)=O. The van der Waals surface area contributed by atoms with E-state index in [1.54, 1.807) is 0 Å². The molecule has 3 amide bonds. The van der Waals surface area contributed by atoms with Crippen LogP contribution in [0.2, 0.25) is 0 Å². The van der Waals surface area contributed by atoms with Gasteiger partial charge in [0, 0.05) is 41.7 Å². The molecule has 198 valence electrons. The van der Waals surface area contributed by atoms with Gasteiger partial charge in [-0.15, -0.1) is 0 Å². The van der Waals surface area contributed by atoms with Crippen molar-refractivity contribution in [2.45, 2.75) is 40.3 Å². The molecular formula is C27H36BrN7O2. The topological polar surface area (TPSA) is 116 Å². The van der Waals surface area contributed by atoms with E-state index in [-0.39, 0.29) is 11.9 Å². The van der Waals surface area contributed by atoms with Crippen LogP contribution in [0.5, 0.6) is 0 Å². The predicted molar refractivity (Wildman–Crippen MR) is 152 cm³/mol. The lowest BCUT2D eigenvalue weighted by molar-refractivity contribution is -0.119. The van der Waals surface area contributed by atoms with Gasteiger partial charge >= 0.3 is 6.03 Å². The Labute approximate surface area is 227 Å². The summed E-state index contributed by atoms with van der Waals surface area (Å²) >= 11 is 3.42. The first-order valence-electron chi connectivity index (χ1n) is 12.7. The van der Waals surface area contributed by atoms with Gasteiger partial charge in [0.05, 0.1) is 12.1 Å². The molecule has 0 aliphatic carbocycles. The zero-order valence-electron chi connectivity index (χ0n) is 21.9. The standard InChI is InChI=1S/C25H30BrN7O2.C2H6/c1-16(2)22(23(27)34)31-24-19-8-3-4-9-20(19)29-21(30-24)15-32-10-12-33(13-11-32)25(35)28-18-7-5-6-17(26)14-18;1-2/h3-9,14,16,22H,10-13,15H2,1-2H3,(H2,27,34)(H,28,35)(H,29,30,31);1-2H3. The number of nitrogens with zero attached hydrogens (tertiary/aromatic N) is 4. The van der Waals surface area contributed by atoms with E-state index in [1.165, 1.54) is 0 Å². The Morgan fingerprint density at radius 2 is 1.73 bits per heavy atom. The molecule has 9 nitrogen and oxygen atoms in total. The Morgan fingerprint density at radius 1 is 1.03 bits per heavy atom. The van der Waals surface area contributed by atoms with Crippen LogP contribution in [0.15, 0.2) is 53.0 Å². The van der Waals surface area contributed by atoms with Crippen molar-refractivity contribution >= 4 is 50.3 Å². The van der Waals surface area contributed by atoms with Gasteiger partial charge in [-0.3, -0.25) is 9.69 Å². The van der Waals surface area contributed by atoms with E-state index in [2.05, 4.69) is 31.5 Å². The number of benzene rings is 2. The number of piperazine rings is 1. The number of amides is 3. The molecule has 1 saturated heterocycles. The molecule has 2 heterocycles. The summed E-state index contributed by atoms with van der Waals surface area (Å²) in [6, 6.07) is 14.6. The lowest BCUT2D eigenvalue weighted by Gasteiger charge is -2.34. The summed E-state index contributed by atoms with van der Waals surface area (Å²) in [5.41, 5.74) is 7.18. The minimum atomic E-state index is -0.534. The van der Waals surface area contributed by atoms with Gasteiger partial charge in [-0.1, -0.05) is 61.8 Å². The van der Waals surface area contributed by atoms with Crippen molar-refractivity contribution in [1.29, 1.82) is 0 Å². The number of aromatic nitrogens is 2. The zero-order valence-corrected chi connectivity index (χ0v) is 23.5. The first kappa shape index (κ1) is 28.3. The third-order valence-electron chi connectivity index (χ3n) is 6.02. The lowest BCUT2D eigenvalue weighted by atomic mass is 10.0. The molecule has 1 fully saturated rings. The van der Waals surface area contributed by atoms with Gasteiger partial charge in [-0.25, -0.2) is 14.8 Å². The molecular weight excluding hydrogens is 534 g/mol. The molecule has 1 aromatic heterocycles. The number of anilines is 2. The van der Waals surface area contributed by atoms with Gasteiger partial charge in [0.15, 0.2) is 0 Å². The fourth-order valence-corrected chi connectivity index (χ4v) is 4.50. The first-order chi connectivity index (χ1) is 17.8. The molecule has 3 aromatic rings. The van der Waals surface area contributed by atoms with Crippen LogP contribution >= 0.6 is 15.9 Å². The summed E-state index contributed by atoms with van der Waals surface area (Å²) in [7, 11) is 0. The zero-order chi connectivity index (χ0) is 26.9. The third-order valence-corrected chi connectivity index (χ3v) is 6.51. The van der Waals surface area contributed by atoms with Gasteiger partial charge < -0.3 is 21.3 Å². The number of hydrogen-bond acceptors (Lipinski definition) is 6. The van der Waals surface area contributed by atoms with Crippen LogP contribution < -0.4 is 16.4 Å². The molecule has 4 N–H and O–H groups in total. The third kappa shape index (κ3) is 7.62. The second-order valence-electron chi connectivity index (χ2n) is 8.98. The smallest absolute Gasteiger partial charge is 0.321 e. The molecule has 1 atom stereocenters. The van der Waals surface area contributed by atoms with Crippen LogP contribution in [0.1, 0.15) is 33.5 Å². The Bertz CT molecular complexity index is 1210. The van der Waals surface area contributed by atoms with Gasteiger partial charge in [-0.05, 0) is 36.2 Å². The average molecular weight is 571 g/mol. The quantitative estimate of drug-likeness (QED) is 0.380. The van der Waals surface area contributed by atoms with Crippen LogP contribution in [0.4, 0.5) is 16.3 Å². The van der Waals surface area contributed by atoms with Crippen molar-refractivity contribution in [2.24, 2.45) is 11.7 Å². The van der Waals surface area contributed by atoms with Crippen LogP contribution in [-0.2, 0) is 11.3 Å². The second kappa shape index (κ2) is 13.3. The summed E-state index contributed by atoms with van der Waals surface area (Å²) in [5, 5.41) is 7.03. The highest BCUT2D eigenvalue weighted by atomic mass is 79.9. The summed E-state index contributed by atoms with van der Waals surface area (Å²) in [5.74, 6) is 0.864. The highest BCUT2D eigenvalue weighted by molar-refractivity contribution is 9.10. The number of hydrogen-bond donors (Lipinski definition) is 3. The Kier molecular flexibility index (Phi) is 10.2. The number of rotatable bonds is 7. The first-order valence-corrected chi connectivity index (χ1v) is 13.4. The van der Waals surface area contributed by atoms with E-state index < -0.39 is 11.9 Å². The summed E-state index contributed by atoms with van der Waals surface area (Å²) in [6.45, 7) is 11.1. The van der Waals surface area contributed by atoms with E-state index in [4.69, 9.17) is 15.7 Å². The molecule has 1 unspecified atom stereocenters. The molecule has 37 heavy (non-hydrogen) atoms. The van der Waals surface area contributed by atoms with E-state index in [0.717, 1.165) is 21.1 Å². The number of halogens is 1. The molecule has 2 aromatic carbocycles. The van der Waals surface area contributed by atoms with Crippen LogP contribution in [0.3, 0.4) is 0 Å². The maximum atomic E-state index is 12.7. The number of nitrogens with one attached hydrogen (secondary N) is 2. The number of nitrogens with two attached hydrogens (primary N) is 1. The molecule has 0 spiro atoms. The number of fused-ring (bicyclic) bond motifs is 1. The van der Waals surface area contributed by atoms with Crippen molar-refractivity contribution in [3.8, 4) is 0 Å². The van der Waals surface area contributed by atoms with Gasteiger partial charge in [-0.2, -0.15) is 0 Å². The second-order valence-corrected chi connectivity index (χ2v) is 9.89. The van der Waals surface area contributed by atoms with Gasteiger partial charge in [0.25, 0.3) is 0 Å². The number of urea groups is 1. The van der Waals surface area contributed by atoms with Gasteiger partial charge in [0.1, 0.15) is 17.7 Å². The maximum Gasteiger partial charge on any atom is 0.321 e. The number of carbonyl (C=O) groups excluding carboxylic acids is 2. The number of para-hydroxylation sites is 1. The highest BCUT2D eigenvalue weighted by Crippen LogP contribution is 2.23. The monoisotopic (exact) mass is 569 g/mol. The van der Waals surface area contributed by atoms with Crippen molar-refractivity contribution in [3.05, 3.63) is 58.8 Å². The molecule has 4 rings (SSSR count).